The van der Waals surface area contributed by atoms with E-state index in [9.17, 15) is 14.4 Å². The number of carbonyl (C=O) groups excluding carboxylic acids is 2. The Morgan fingerprint density at radius 2 is 1.71 bits per heavy atom. The van der Waals surface area contributed by atoms with E-state index in [4.69, 9.17) is 5.11 Å². The van der Waals surface area contributed by atoms with Crippen LogP contribution in [0.1, 0.15) is 25.7 Å². The molecule has 0 radical (unpaired) electrons. The Balaban J connectivity index is 1.80. The van der Waals surface area contributed by atoms with Crippen LogP contribution in [-0.4, -0.2) is 66.0 Å². The molecule has 2 saturated heterocycles. The molecular weight excluding hydrogens is 274 g/mol. The molecule has 2 fully saturated rings. The third-order valence-corrected chi connectivity index (χ3v) is 4.40. The third kappa shape index (κ3) is 3.86. The molecule has 0 spiro atoms. The van der Waals surface area contributed by atoms with Gasteiger partial charge in [-0.3, -0.25) is 9.59 Å². The fraction of sp³-hybridized carbons (Fsp3) is 0.786. The number of piperidine rings is 1. The van der Waals surface area contributed by atoms with Gasteiger partial charge in [-0.05, 0) is 25.2 Å². The van der Waals surface area contributed by atoms with Crippen LogP contribution in [0.4, 0.5) is 4.79 Å². The molecule has 2 heterocycles. The van der Waals surface area contributed by atoms with Crippen molar-refractivity contribution in [3.63, 3.8) is 0 Å². The quantitative estimate of drug-likeness (QED) is 0.787. The molecule has 7 nitrogen and oxygen atoms in total. The van der Waals surface area contributed by atoms with Crippen molar-refractivity contribution >= 4 is 17.9 Å². The first-order valence-electron chi connectivity index (χ1n) is 7.48. The van der Waals surface area contributed by atoms with Gasteiger partial charge in [-0.2, -0.15) is 0 Å². The Hall–Kier alpha value is -1.79. The predicted octanol–water partition coefficient (Wildman–Crippen LogP) is 0.361. The molecule has 118 valence electrons. The second kappa shape index (κ2) is 6.78. The highest BCUT2D eigenvalue weighted by molar-refractivity contribution is 5.79. The van der Waals surface area contributed by atoms with Gasteiger partial charge >= 0.3 is 12.0 Å². The number of aliphatic carboxylic acids is 1. The molecule has 1 unspecified atom stereocenters. The maximum atomic E-state index is 12.4. The highest BCUT2D eigenvalue weighted by atomic mass is 16.4. The largest absolute Gasteiger partial charge is 0.481 e. The van der Waals surface area contributed by atoms with Crippen molar-refractivity contribution in [1.29, 1.82) is 0 Å². The Bertz CT molecular complexity index is 418. The number of likely N-dealkylation sites (tertiary alicyclic amines) is 2. The zero-order valence-corrected chi connectivity index (χ0v) is 12.4. The van der Waals surface area contributed by atoms with E-state index in [0.717, 1.165) is 6.42 Å². The van der Waals surface area contributed by atoms with Crippen LogP contribution in [0.25, 0.3) is 0 Å². The van der Waals surface area contributed by atoms with Gasteiger partial charge in [0.05, 0.1) is 0 Å². The monoisotopic (exact) mass is 297 g/mol. The van der Waals surface area contributed by atoms with Gasteiger partial charge in [-0.25, -0.2) is 4.79 Å². The second-order valence-corrected chi connectivity index (χ2v) is 5.86. The number of carboxylic acid groups (broad SMARTS) is 1. The van der Waals surface area contributed by atoms with E-state index in [0.29, 0.717) is 39.0 Å². The van der Waals surface area contributed by atoms with Crippen LogP contribution in [0.5, 0.6) is 0 Å². The first kappa shape index (κ1) is 15.6. The fourth-order valence-corrected chi connectivity index (χ4v) is 3.16. The molecule has 2 aliphatic heterocycles. The lowest BCUT2D eigenvalue weighted by Crippen LogP contribution is -2.47. The lowest BCUT2D eigenvalue weighted by atomic mass is 9.96. The van der Waals surface area contributed by atoms with Gasteiger partial charge in [0.1, 0.15) is 0 Å². The number of hydrogen-bond acceptors (Lipinski definition) is 3. The van der Waals surface area contributed by atoms with Crippen molar-refractivity contribution < 1.29 is 19.5 Å². The third-order valence-electron chi connectivity index (χ3n) is 4.40. The number of rotatable bonds is 3. The van der Waals surface area contributed by atoms with Crippen LogP contribution in [0.2, 0.25) is 0 Å². The van der Waals surface area contributed by atoms with Crippen molar-refractivity contribution in [1.82, 2.24) is 15.1 Å². The highest BCUT2D eigenvalue weighted by Crippen LogP contribution is 2.23. The molecule has 0 aromatic carbocycles. The summed E-state index contributed by atoms with van der Waals surface area (Å²) in [5, 5.41) is 11.4. The number of carbonyl (C=O) groups is 3. The van der Waals surface area contributed by atoms with Gasteiger partial charge in [0.15, 0.2) is 0 Å². The average Bonchev–Trinajstić information content (AvgIpc) is 2.93. The number of nitrogens with zero attached hydrogens (tertiary/aromatic N) is 2. The summed E-state index contributed by atoms with van der Waals surface area (Å²) in [6.45, 7) is 2.35. The molecule has 0 aliphatic carbocycles. The summed E-state index contributed by atoms with van der Waals surface area (Å²) in [4.78, 5) is 38.2. The number of urea groups is 1. The van der Waals surface area contributed by atoms with E-state index in [1.807, 2.05) is 0 Å². The normalized spacial score (nSPS) is 23.2. The summed E-state index contributed by atoms with van der Waals surface area (Å²) in [6.07, 6.45) is 2.27. The van der Waals surface area contributed by atoms with E-state index in [2.05, 4.69) is 5.32 Å². The molecule has 21 heavy (non-hydrogen) atoms. The molecular formula is C14H23N3O4. The van der Waals surface area contributed by atoms with Gasteiger partial charge in [0, 0.05) is 45.6 Å². The van der Waals surface area contributed by atoms with Gasteiger partial charge in [-0.1, -0.05) is 0 Å². The molecule has 0 saturated carbocycles. The van der Waals surface area contributed by atoms with Crippen LogP contribution >= 0.6 is 0 Å². The number of amides is 3. The average molecular weight is 297 g/mol. The van der Waals surface area contributed by atoms with E-state index in [1.54, 1.807) is 16.8 Å². The molecule has 2 aliphatic rings. The summed E-state index contributed by atoms with van der Waals surface area (Å²) < 4.78 is 0. The van der Waals surface area contributed by atoms with Crippen LogP contribution in [0.3, 0.4) is 0 Å². The van der Waals surface area contributed by atoms with E-state index in [1.165, 1.54) is 0 Å². The summed E-state index contributed by atoms with van der Waals surface area (Å²) >= 11 is 0. The van der Waals surface area contributed by atoms with Gasteiger partial charge < -0.3 is 20.2 Å². The molecule has 1 atom stereocenters. The van der Waals surface area contributed by atoms with E-state index >= 15 is 0 Å². The van der Waals surface area contributed by atoms with Crippen molar-refractivity contribution in [2.24, 2.45) is 11.8 Å². The Labute approximate surface area is 124 Å². The lowest BCUT2D eigenvalue weighted by Gasteiger charge is -2.34. The van der Waals surface area contributed by atoms with Gasteiger partial charge in [0.25, 0.3) is 0 Å². The van der Waals surface area contributed by atoms with Crippen molar-refractivity contribution in [2.45, 2.75) is 25.7 Å². The Morgan fingerprint density at radius 3 is 2.29 bits per heavy atom. The zero-order chi connectivity index (χ0) is 15.4. The first-order chi connectivity index (χ1) is 10.0. The van der Waals surface area contributed by atoms with Crippen LogP contribution in [0.15, 0.2) is 0 Å². The number of carboxylic acids is 1. The molecule has 2 rings (SSSR count). The molecule has 3 amide bonds. The van der Waals surface area contributed by atoms with Gasteiger partial charge in [0.2, 0.25) is 5.91 Å². The molecule has 7 heteroatoms. The number of hydrogen-bond donors (Lipinski definition) is 2. The predicted molar refractivity (Wildman–Crippen MR) is 75.7 cm³/mol. The minimum absolute atomic E-state index is 0.00242. The van der Waals surface area contributed by atoms with Gasteiger partial charge in [-0.15, -0.1) is 0 Å². The first-order valence-corrected chi connectivity index (χ1v) is 7.48. The minimum Gasteiger partial charge on any atom is -0.481 e. The van der Waals surface area contributed by atoms with E-state index < -0.39 is 5.97 Å². The summed E-state index contributed by atoms with van der Waals surface area (Å²) in [5.41, 5.74) is 0. The lowest BCUT2D eigenvalue weighted by molar-refractivity contribution is -0.138. The maximum Gasteiger partial charge on any atom is 0.320 e. The smallest absolute Gasteiger partial charge is 0.320 e. The molecule has 0 aromatic heterocycles. The van der Waals surface area contributed by atoms with Crippen molar-refractivity contribution in [3.8, 4) is 0 Å². The molecule has 0 bridgehead atoms. The SMILES string of the molecule is CNC(=O)C1CCN(C(=O)N2CCC(CC(=O)O)C2)CC1. The van der Waals surface area contributed by atoms with Crippen LogP contribution < -0.4 is 5.32 Å². The second-order valence-electron chi connectivity index (χ2n) is 5.86. The zero-order valence-electron chi connectivity index (χ0n) is 12.4. The number of nitrogens with one attached hydrogen (secondary N) is 1. The topological polar surface area (TPSA) is 90.0 Å². The summed E-state index contributed by atoms with van der Waals surface area (Å²) in [5.74, 6) is -0.697. The molecule has 2 N–H and O–H groups in total. The summed E-state index contributed by atoms with van der Waals surface area (Å²) in [7, 11) is 1.63. The Morgan fingerprint density at radius 1 is 1.10 bits per heavy atom. The Kier molecular flexibility index (Phi) is 5.03. The van der Waals surface area contributed by atoms with Crippen LogP contribution in [-0.2, 0) is 9.59 Å². The van der Waals surface area contributed by atoms with Crippen molar-refractivity contribution in [2.75, 3.05) is 33.2 Å². The minimum atomic E-state index is -0.805. The standard InChI is InChI=1S/C14H23N3O4/c1-15-13(20)11-3-6-16(7-4-11)14(21)17-5-2-10(9-17)8-12(18)19/h10-11H,2-9H2,1H3,(H,15,20)(H,18,19). The fourth-order valence-electron chi connectivity index (χ4n) is 3.16. The summed E-state index contributed by atoms with van der Waals surface area (Å²) in [6, 6.07) is -0.0155. The highest BCUT2D eigenvalue weighted by Gasteiger charge is 2.33. The van der Waals surface area contributed by atoms with Crippen molar-refractivity contribution in [3.05, 3.63) is 0 Å². The molecule has 0 aromatic rings. The van der Waals surface area contributed by atoms with E-state index in [-0.39, 0.29) is 30.2 Å². The maximum absolute atomic E-state index is 12.4. The van der Waals surface area contributed by atoms with Crippen LogP contribution in [0, 0.1) is 11.8 Å².